The van der Waals surface area contributed by atoms with Crippen molar-refractivity contribution in [2.75, 3.05) is 0 Å². The molecule has 0 atom stereocenters. The molecule has 48 heavy (non-hydrogen) atoms. The lowest BCUT2D eigenvalue weighted by molar-refractivity contribution is 1.18. The number of para-hydroxylation sites is 3. The summed E-state index contributed by atoms with van der Waals surface area (Å²) in [6, 6.07) is 56.8. The molecule has 0 amide bonds. The first-order valence-electron chi connectivity index (χ1n) is 15.9. The van der Waals surface area contributed by atoms with Crippen LogP contribution < -0.4 is 0 Å². The number of aromatic nitrogens is 2. The van der Waals surface area contributed by atoms with Gasteiger partial charge in [0.1, 0.15) is 0 Å². The largest absolute Gasteiger partial charge is 0.310 e. The highest BCUT2D eigenvalue weighted by atomic mass is 15.0. The Morgan fingerprint density at radius 2 is 1.00 bits per heavy atom. The van der Waals surface area contributed by atoms with Crippen molar-refractivity contribution in [1.82, 2.24) is 9.13 Å². The van der Waals surface area contributed by atoms with Crippen LogP contribution in [0.25, 0.3) is 82.1 Å². The predicted octanol–water partition coefficient (Wildman–Crippen LogP) is 11.6. The summed E-state index contributed by atoms with van der Waals surface area (Å²) in [4.78, 5) is 3.78. The van der Waals surface area contributed by atoms with Crippen LogP contribution in [0.1, 0.15) is 5.56 Å². The van der Waals surface area contributed by atoms with Gasteiger partial charge in [-0.05, 0) is 71.3 Å². The van der Waals surface area contributed by atoms with Gasteiger partial charge in [-0.2, -0.15) is 5.26 Å². The minimum absolute atomic E-state index is 0.612. The van der Waals surface area contributed by atoms with Gasteiger partial charge in [-0.3, -0.25) is 0 Å². The van der Waals surface area contributed by atoms with E-state index >= 15 is 0 Å². The van der Waals surface area contributed by atoms with Gasteiger partial charge in [0.05, 0.1) is 40.3 Å². The lowest BCUT2D eigenvalue weighted by Crippen LogP contribution is -1.97. The zero-order chi connectivity index (χ0) is 32.2. The summed E-state index contributed by atoms with van der Waals surface area (Å²) >= 11 is 0. The maximum absolute atomic E-state index is 9.50. The topological polar surface area (TPSA) is 38.0 Å². The van der Waals surface area contributed by atoms with Gasteiger partial charge in [-0.25, -0.2) is 4.85 Å². The van der Waals surface area contributed by atoms with Crippen LogP contribution in [-0.2, 0) is 0 Å². The summed E-state index contributed by atoms with van der Waals surface area (Å²) in [5.41, 5.74) is 12.2. The highest BCUT2D eigenvalue weighted by molar-refractivity contribution is 6.10. The molecule has 0 unspecified atom stereocenters. The van der Waals surface area contributed by atoms with E-state index in [1.807, 2.05) is 36.4 Å². The fourth-order valence-corrected chi connectivity index (χ4v) is 7.17. The Morgan fingerprint density at radius 3 is 1.60 bits per heavy atom. The predicted molar refractivity (Wildman–Crippen MR) is 197 cm³/mol. The summed E-state index contributed by atoms with van der Waals surface area (Å²) in [6.45, 7) is 7.75. The maximum atomic E-state index is 9.50. The zero-order valence-corrected chi connectivity index (χ0v) is 25.8. The Kier molecular flexibility index (Phi) is 6.22. The normalized spacial score (nSPS) is 11.3. The van der Waals surface area contributed by atoms with Crippen molar-refractivity contribution < 1.29 is 0 Å². The van der Waals surface area contributed by atoms with E-state index in [9.17, 15) is 5.26 Å². The second-order valence-electron chi connectivity index (χ2n) is 12.0. The van der Waals surface area contributed by atoms with E-state index in [-0.39, 0.29) is 0 Å². The standard InChI is InChI=1S/C44H26N4/c1-46-33-21-24-35(44(27-33)48-41-12-6-2-8-36(41)37-9-3-7-13-42(37)48)32-17-15-30(16-18-32)31-19-22-34(23-20-31)47-40-11-5-4-10-38(40)39-26-29(28-45)14-25-43(39)47/h2-27H. The van der Waals surface area contributed by atoms with Crippen LogP contribution in [-0.4, -0.2) is 9.13 Å². The number of nitrogens with zero attached hydrogens (tertiary/aromatic N) is 4. The number of hydrogen-bond acceptors (Lipinski definition) is 1. The smallest absolute Gasteiger partial charge is 0.189 e. The van der Waals surface area contributed by atoms with Crippen LogP contribution in [0, 0.1) is 17.9 Å². The molecule has 0 saturated heterocycles. The summed E-state index contributed by atoms with van der Waals surface area (Å²) in [5.74, 6) is 0. The number of rotatable bonds is 4. The highest BCUT2D eigenvalue weighted by Gasteiger charge is 2.17. The van der Waals surface area contributed by atoms with Crippen molar-refractivity contribution >= 4 is 49.3 Å². The molecule has 0 bridgehead atoms. The van der Waals surface area contributed by atoms with Gasteiger partial charge in [-0.1, -0.05) is 103 Å². The van der Waals surface area contributed by atoms with E-state index in [2.05, 4.69) is 141 Å². The molecule has 0 aliphatic heterocycles. The van der Waals surface area contributed by atoms with E-state index in [4.69, 9.17) is 6.57 Å². The first-order valence-corrected chi connectivity index (χ1v) is 15.9. The third kappa shape index (κ3) is 4.22. The van der Waals surface area contributed by atoms with Crippen LogP contribution >= 0.6 is 0 Å². The molecule has 2 aromatic heterocycles. The Hall–Kier alpha value is -6.88. The molecule has 4 heteroatoms. The number of benzene rings is 7. The lowest BCUT2D eigenvalue weighted by atomic mass is 9.98. The molecule has 0 aliphatic rings. The SMILES string of the molecule is [C-]#[N+]c1ccc(-c2ccc(-c3ccc(-n4c5ccccc5c5cc(C#N)ccc54)cc3)cc2)c(-n2c3ccccc3c3ccccc32)c1. The Balaban J connectivity index is 1.11. The fourth-order valence-electron chi connectivity index (χ4n) is 7.17. The first kappa shape index (κ1) is 27.4. The van der Waals surface area contributed by atoms with Crippen LogP contribution in [0.3, 0.4) is 0 Å². The molecule has 7 aromatic carbocycles. The molecule has 0 aliphatic carbocycles. The van der Waals surface area contributed by atoms with Gasteiger partial charge >= 0.3 is 0 Å². The highest BCUT2D eigenvalue weighted by Crippen LogP contribution is 2.39. The molecular formula is C44H26N4. The average molecular weight is 611 g/mol. The van der Waals surface area contributed by atoms with Gasteiger partial charge in [-0.15, -0.1) is 0 Å². The summed E-state index contributed by atoms with van der Waals surface area (Å²) < 4.78 is 4.55. The van der Waals surface area contributed by atoms with Gasteiger partial charge in [0, 0.05) is 38.5 Å². The Morgan fingerprint density at radius 1 is 0.479 bits per heavy atom. The van der Waals surface area contributed by atoms with Crippen LogP contribution in [0.15, 0.2) is 158 Å². The van der Waals surface area contributed by atoms with Gasteiger partial charge in [0.2, 0.25) is 0 Å². The molecule has 9 aromatic rings. The van der Waals surface area contributed by atoms with Crippen molar-refractivity contribution in [2.45, 2.75) is 0 Å². The third-order valence-corrected chi connectivity index (χ3v) is 9.39. The summed E-state index contributed by atoms with van der Waals surface area (Å²) in [6.07, 6.45) is 0. The van der Waals surface area contributed by atoms with Crippen LogP contribution in [0.2, 0.25) is 0 Å². The van der Waals surface area contributed by atoms with Crippen molar-refractivity contribution in [2.24, 2.45) is 0 Å². The van der Waals surface area contributed by atoms with Gasteiger partial charge in [0.25, 0.3) is 0 Å². The molecule has 2 heterocycles. The van der Waals surface area contributed by atoms with Crippen molar-refractivity contribution in [3.63, 3.8) is 0 Å². The van der Waals surface area contributed by atoms with E-state index in [1.54, 1.807) is 0 Å². The van der Waals surface area contributed by atoms with E-state index in [0.29, 0.717) is 11.3 Å². The fraction of sp³-hybridized carbons (Fsp3) is 0. The monoisotopic (exact) mass is 610 g/mol. The van der Waals surface area contributed by atoms with Gasteiger partial charge in [0.15, 0.2) is 5.69 Å². The average Bonchev–Trinajstić information content (AvgIpc) is 3.67. The molecule has 0 radical (unpaired) electrons. The van der Waals surface area contributed by atoms with E-state index in [1.165, 1.54) is 10.8 Å². The molecule has 0 saturated carbocycles. The minimum Gasteiger partial charge on any atom is -0.310 e. The molecular weight excluding hydrogens is 585 g/mol. The zero-order valence-electron chi connectivity index (χ0n) is 25.8. The second kappa shape index (κ2) is 10.9. The molecule has 9 rings (SSSR count). The Labute approximate surface area is 277 Å². The maximum Gasteiger partial charge on any atom is 0.189 e. The first-order chi connectivity index (χ1) is 23.7. The Bertz CT molecular complexity index is 2730. The quantitative estimate of drug-likeness (QED) is 0.183. The molecule has 0 fully saturated rings. The summed E-state index contributed by atoms with van der Waals surface area (Å²) in [5, 5.41) is 14.1. The van der Waals surface area contributed by atoms with Crippen LogP contribution in [0.4, 0.5) is 5.69 Å². The lowest BCUT2D eigenvalue weighted by Gasteiger charge is -2.15. The van der Waals surface area contributed by atoms with Crippen molar-refractivity contribution in [3.8, 4) is 39.7 Å². The molecule has 222 valence electrons. The molecule has 0 spiro atoms. The molecule has 4 nitrogen and oxygen atoms in total. The second-order valence-corrected chi connectivity index (χ2v) is 12.0. The van der Waals surface area contributed by atoms with Crippen LogP contribution in [0.5, 0.6) is 0 Å². The third-order valence-electron chi connectivity index (χ3n) is 9.39. The number of nitriles is 1. The van der Waals surface area contributed by atoms with E-state index < -0.39 is 0 Å². The number of hydrogen-bond donors (Lipinski definition) is 0. The molecule has 0 N–H and O–H groups in total. The minimum atomic E-state index is 0.612. The van der Waals surface area contributed by atoms with Crippen molar-refractivity contribution in [1.29, 1.82) is 5.26 Å². The van der Waals surface area contributed by atoms with Crippen molar-refractivity contribution in [3.05, 3.63) is 175 Å². The number of fused-ring (bicyclic) bond motifs is 6. The van der Waals surface area contributed by atoms with E-state index in [0.717, 1.165) is 66.5 Å². The summed E-state index contributed by atoms with van der Waals surface area (Å²) in [7, 11) is 0. The van der Waals surface area contributed by atoms with Gasteiger partial charge < -0.3 is 9.13 Å².